The van der Waals surface area contributed by atoms with E-state index in [1.54, 1.807) is 0 Å². The quantitative estimate of drug-likeness (QED) is 0.0634. The van der Waals surface area contributed by atoms with E-state index in [1.807, 2.05) is 24.3 Å². The minimum absolute atomic E-state index is 0.0772. The smallest absolute Gasteiger partial charge is 0.314 e. The van der Waals surface area contributed by atoms with Gasteiger partial charge in [-0.05, 0) is 47.9 Å². The van der Waals surface area contributed by atoms with Crippen LogP contribution in [0.2, 0.25) is 0 Å². The topological polar surface area (TPSA) is 82.3 Å². The molecule has 0 spiro atoms. The number of rotatable bonds is 22. The SMILES string of the molecule is O=C(NCCCCCCCCCCCNC(=O)NCCC(c1ccccc1)c1ccccc1)NCCC(c1ccccc1)c1ccccc1. The van der Waals surface area contributed by atoms with Gasteiger partial charge in [0.05, 0.1) is 0 Å². The van der Waals surface area contributed by atoms with Gasteiger partial charge in [0, 0.05) is 38.0 Å². The Morgan fingerprint density at radius 3 is 0.878 bits per heavy atom. The lowest BCUT2D eigenvalue weighted by Gasteiger charge is -2.18. The molecule has 0 aliphatic heterocycles. The van der Waals surface area contributed by atoms with Crippen LogP contribution in [0.4, 0.5) is 9.59 Å². The van der Waals surface area contributed by atoms with Gasteiger partial charge in [-0.2, -0.15) is 0 Å². The summed E-state index contributed by atoms with van der Waals surface area (Å²) >= 11 is 0. The summed E-state index contributed by atoms with van der Waals surface area (Å²) in [5, 5.41) is 12.1. The molecule has 0 bridgehead atoms. The van der Waals surface area contributed by atoms with E-state index in [1.165, 1.54) is 54.4 Å². The summed E-state index contributed by atoms with van der Waals surface area (Å²) in [6.45, 7) is 2.70. The fourth-order valence-electron chi connectivity index (χ4n) is 6.47. The first-order chi connectivity index (χ1) is 24.2. The molecule has 0 aliphatic rings. The molecule has 0 heterocycles. The first-order valence-electron chi connectivity index (χ1n) is 18.4. The Bertz CT molecular complexity index is 1240. The molecule has 4 aromatic carbocycles. The monoisotopic (exact) mass is 660 g/mol. The summed E-state index contributed by atoms with van der Waals surface area (Å²) in [6.07, 6.45) is 12.1. The second-order valence-electron chi connectivity index (χ2n) is 12.9. The normalized spacial score (nSPS) is 11.0. The third-order valence-electron chi connectivity index (χ3n) is 9.17. The van der Waals surface area contributed by atoms with Gasteiger partial charge in [0.1, 0.15) is 0 Å². The Morgan fingerprint density at radius 2 is 0.592 bits per heavy atom. The maximum absolute atomic E-state index is 12.3. The molecule has 0 saturated heterocycles. The van der Waals surface area contributed by atoms with Crippen LogP contribution in [0.1, 0.15) is 105 Å². The van der Waals surface area contributed by atoms with Crippen molar-refractivity contribution in [1.29, 1.82) is 0 Å². The van der Waals surface area contributed by atoms with Crippen molar-refractivity contribution < 1.29 is 9.59 Å². The van der Waals surface area contributed by atoms with E-state index < -0.39 is 0 Å². The van der Waals surface area contributed by atoms with Crippen LogP contribution in [0.15, 0.2) is 121 Å². The standard InChI is InChI=1S/C43H56N4O2/c48-42(46-34-30-40(36-22-12-8-13-23-36)37-24-14-9-15-25-37)44-32-20-6-4-2-1-3-5-7-21-33-45-43(49)47-35-31-41(38-26-16-10-17-27-38)39-28-18-11-19-29-39/h8-19,22-29,40-41H,1-7,20-21,30-35H2,(H2,44,46,48)(H2,45,47,49). The number of hydrogen-bond donors (Lipinski definition) is 4. The second kappa shape index (κ2) is 22.9. The van der Waals surface area contributed by atoms with Crippen molar-refractivity contribution in [2.24, 2.45) is 0 Å². The Balaban J connectivity index is 0.942. The zero-order chi connectivity index (χ0) is 34.2. The molecule has 49 heavy (non-hydrogen) atoms. The fourth-order valence-corrected chi connectivity index (χ4v) is 6.47. The van der Waals surface area contributed by atoms with Crippen molar-refractivity contribution >= 4 is 12.1 Å². The number of carbonyl (C=O) groups is 2. The summed E-state index contributed by atoms with van der Waals surface area (Å²) < 4.78 is 0. The Hall–Kier alpha value is -4.58. The fraction of sp³-hybridized carbons (Fsp3) is 0.395. The van der Waals surface area contributed by atoms with Crippen LogP contribution in [0.3, 0.4) is 0 Å². The molecule has 0 aromatic heterocycles. The predicted molar refractivity (Wildman–Crippen MR) is 203 cm³/mol. The number of amides is 4. The van der Waals surface area contributed by atoms with Gasteiger partial charge in [0.15, 0.2) is 0 Å². The minimum Gasteiger partial charge on any atom is -0.338 e. The van der Waals surface area contributed by atoms with Gasteiger partial charge in [0.25, 0.3) is 0 Å². The van der Waals surface area contributed by atoms with Crippen LogP contribution in [0.5, 0.6) is 0 Å². The van der Waals surface area contributed by atoms with E-state index in [4.69, 9.17) is 0 Å². The van der Waals surface area contributed by atoms with Crippen molar-refractivity contribution in [3.8, 4) is 0 Å². The maximum atomic E-state index is 12.3. The summed E-state index contributed by atoms with van der Waals surface area (Å²) in [4.78, 5) is 24.7. The summed E-state index contributed by atoms with van der Waals surface area (Å²) in [6, 6.07) is 41.9. The van der Waals surface area contributed by atoms with Gasteiger partial charge in [-0.3, -0.25) is 0 Å². The highest BCUT2D eigenvalue weighted by molar-refractivity contribution is 5.74. The van der Waals surface area contributed by atoms with Gasteiger partial charge in [0.2, 0.25) is 0 Å². The van der Waals surface area contributed by atoms with E-state index >= 15 is 0 Å². The van der Waals surface area contributed by atoms with E-state index in [0.717, 1.165) is 38.5 Å². The van der Waals surface area contributed by atoms with E-state index in [-0.39, 0.29) is 23.9 Å². The van der Waals surface area contributed by atoms with Crippen LogP contribution >= 0.6 is 0 Å². The maximum Gasteiger partial charge on any atom is 0.314 e. The molecule has 0 radical (unpaired) electrons. The lowest BCUT2D eigenvalue weighted by molar-refractivity contribution is 0.239. The van der Waals surface area contributed by atoms with Crippen LogP contribution in [-0.2, 0) is 0 Å². The number of hydrogen-bond acceptors (Lipinski definition) is 2. The highest BCUT2D eigenvalue weighted by Crippen LogP contribution is 2.28. The largest absolute Gasteiger partial charge is 0.338 e. The van der Waals surface area contributed by atoms with Gasteiger partial charge < -0.3 is 21.3 Å². The number of nitrogens with one attached hydrogen (secondary N) is 4. The minimum atomic E-state index is -0.0772. The molecule has 0 aliphatic carbocycles. The van der Waals surface area contributed by atoms with Crippen molar-refractivity contribution in [3.63, 3.8) is 0 Å². The van der Waals surface area contributed by atoms with Crippen molar-refractivity contribution in [2.75, 3.05) is 26.2 Å². The molecular formula is C43H56N4O2. The number of urea groups is 2. The second-order valence-corrected chi connectivity index (χ2v) is 12.9. The van der Waals surface area contributed by atoms with Gasteiger partial charge in [-0.1, -0.05) is 166 Å². The van der Waals surface area contributed by atoms with Crippen LogP contribution in [0.25, 0.3) is 0 Å². The average Bonchev–Trinajstić information content (AvgIpc) is 3.15. The zero-order valence-electron chi connectivity index (χ0n) is 29.1. The summed E-state index contributed by atoms with van der Waals surface area (Å²) in [5.74, 6) is 0.529. The summed E-state index contributed by atoms with van der Waals surface area (Å²) in [5.41, 5.74) is 5.10. The third-order valence-corrected chi connectivity index (χ3v) is 9.17. The van der Waals surface area contributed by atoms with E-state index in [0.29, 0.717) is 26.2 Å². The van der Waals surface area contributed by atoms with Crippen LogP contribution < -0.4 is 21.3 Å². The Labute approximate surface area is 294 Å². The summed E-state index contributed by atoms with van der Waals surface area (Å²) in [7, 11) is 0. The number of unbranched alkanes of at least 4 members (excludes halogenated alkanes) is 8. The van der Waals surface area contributed by atoms with E-state index in [9.17, 15) is 9.59 Å². The highest BCUT2D eigenvalue weighted by Gasteiger charge is 2.15. The predicted octanol–water partition coefficient (Wildman–Crippen LogP) is 9.54. The molecule has 4 aromatic rings. The van der Waals surface area contributed by atoms with Gasteiger partial charge >= 0.3 is 12.1 Å². The third kappa shape index (κ3) is 14.6. The molecule has 0 atom stereocenters. The molecule has 4 amide bonds. The van der Waals surface area contributed by atoms with Gasteiger partial charge in [-0.25, -0.2) is 9.59 Å². The zero-order valence-corrected chi connectivity index (χ0v) is 29.1. The van der Waals surface area contributed by atoms with Gasteiger partial charge in [-0.15, -0.1) is 0 Å². The molecule has 0 fully saturated rings. The average molecular weight is 661 g/mol. The lowest BCUT2D eigenvalue weighted by Crippen LogP contribution is -2.37. The lowest BCUT2D eigenvalue weighted by atomic mass is 9.88. The van der Waals surface area contributed by atoms with Crippen molar-refractivity contribution in [1.82, 2.24) is 21.3 Å². The molecule has 6 heteroatoms. The van der Waals surface area contributed by atoms with Crippen LogP contribution in [0, 0.1) is 0 Å². The molecule has 0 saturated carbocycles. The van der Waals surface area contributed by atoms with Crippen molar-refractivity contribution in [3.05, 3.63) is 144 Å². The highest BCUT2D eigenvalue weighted by atomic mass is 16.2. The van der Waals surface area contributed by atoms with Crippen LogP contribution in [-0.4, -0.2) is 38.2 Å². The number of carbonyl (C=O) groups excluding carboxylic acids is 2. The molecule has 4 rings (SSSR count). The molecule has 260 valence electrons. The first kappa shape index (κ1) is 37.2. The Morgan fingerprint density at radius 1 is 0.347 bits per heavy atom. The molecule has 6 nitrogen and oxygen atoms in total. The molecular weight excluding hydrogens is 604 g/mol. The van der Waals surface area contributed by atoms with Crippen molar-refractivity contribution in [2.45, 2.75) is 82.5 Å². The Kier molecular flexibility index (Phi) is 17.4. The van der Waals surface area contributed by atoms with E-state index in [2.05, 4.69) is 118 Å². The first-order valence-corrected chi connectivity index (χ1v) is 18.4. The molecule has 4 N–H and O–H groups in total. The molecule has 0 unspecified atom stereocenters. The number of benzene rings is 4.